The lowest BCUT2D eigenvalue weighted by Gasteiger charge is -2.13. The summed E-state index contributed by atoms with van der Waals surface area (Å²) in [5.74, 6) is 1.93. The molecular weight excluding hydrogens is 488 g/mol. The van der Waals surface area contributed by atoms with E-state index in [4.69, 9.17) is 19.9 Å². The fourth-order valence-corrected chi connectivity index (χ4v) is 5.31. The topological polar surface area (TPSA) is 51.0 Å². The van der Waals surface area contributed by atoms with E-state index in [1.54, 1.807) is 0 Å². The van der Waals surface area contributed by atoms with Crippen molar-refractivity contribution in [3.8, 4) is 45.3 Å². The van der Waals surface area contributed by atoms with E-state index < -0.39 is 0 Å². The van der Waals surface area contributed by atoms with Crippen LogP contribution in [-0.4, -0.2) is 20.7 Å². The number of aliphatic imine (C=N–C) groups is 1. The van der Waals surface area contributed by atoms with Crippen LogP contribution in [0.3, 0.4) is 0 Å². The zero-order valence-corrected chi connectivity index (χ0v) is 22.1. The van der Waals surface area contributed by atoms with Crippen molar-refractivity contribution >= 4 is 11.4 Å². The fraction of sp³-hybridized carbons (Fsp3) is 0.0556. The predicted molar refractivity (Wildman–Crippen MR) is 163 cm³/mol. The van der Waals surface area contributed by atoms with Crippen molar-refractivity contribution in [1.82, 2.24) is 15.0 Å². The zero-order valence-electron chi connectivity index (χ0n) is 22.1. The Morgan fingerprint density at radius 1 is 0.450 bits per heavy atom. The third-order valence-corrected chi connectivity index (χ3v) is 7.34. The van der Waals surface area contributed by atoms with Gasteiger partial charge in [-0.05, 0) is 35.2 Å². The second-order valence-corrected chi connectivity index (χ2v) is 9.96. The molecular formula is C36H26N4. The molecule has 1 aliphatic heterocycles. The van der Waals surface area contributed by atoms with Crippen LogP contribution < -0.4 is 0 Å². The Morgan fingerprint density at radius 2 is 0.975 bits per heavy atom. The Bertz CT molecular complexity index is 1820. The first-order valence-corrected chi connectivity index (χ1v) is 13.5. The van der Waals surface area contributed by atoms with Crippen molar-refractivity contribution < 1.29 is 0 Å². The number of hydrogen-bond acceptors (Lipinski definition) is 4. The summed E-state index contributed by atoms with van der Waals surface area (Å²) in [6, 6.07) is 43.7. The molecule has 0 N–H and O–H groups in total. The molecule has 1 aromatic heterocycles. The van der Waals surface area contributed by atoms with Crippen LogP contribution in [0.5, 0.6) is 0 Å². The number of fused-ring (bicyclic) bond motifs is 4. The Labute approximate surface area is 233 Å². The van der Waals surface area contributed by atoms with Gasteiger partial charge in [0.05, 0.1) is 5.69 Å². The predicted octanol–water partition coefficient (Wildman–Crippen LogP) is 8.58. The molecule has 6 aromatic rings. The van der Waals surface area contributed by atoms with Crippen LogP contribution in [0.4, 0.5) is 5.69 Å². The third kappa shape index (κ3) is 4.50. The molecule has 0 aliphatic carbocycles. The SMILES string of the molecule is CC1=Nc2cc(-c3nc(-c4ccccc4)nc(-c4ccccc4)n3)ccc2Cc2ccccc2-c2ccccc21. The molecule has 7 rings (SSSR count). The van der Waals surface area contributed by atoms with Gasteiger partial charge in [0.15, 0.2) is 17.5 Å². The lowest BCUT2D eigenvalue weighted by Crippen LogP contribution is -2.00. The van der Waals surface area contributed by atoms with Crippen LogP contribution in [0, 0.1) is 0 Å². The van der Waals surface area contributed by atoms with Crippen molar-refractivity contribution in [2.45, 2.75) is 13.3 Å². The highest BCUT2D eigenvalue weighted by Gasteiger charge is 2.18. The summed E-state index contributed by atoms with van der Waals surface area (Å²) >= 11 is 0. The molecule has 1 aliphatic rings. The van der Waals surface area contributed by atoms with Gasteiger partial charge in [-0.3, -0.25) is 4.99 Å². The number of rotatable bonds is 3. The molecule has 0 fully saturated rings. The van der Waals surface area contributed by atoms with Crippen molar-refractivity contribution in [2.24, 2.45) is 4.99 Å². The Balaban J connectivity index is 1.41. The van der Waals surface area contributed by atoms with Crippen molar-refractivity contribution in [3.63, 3.8) is 0 Å². The van der Waals surface area contributed by atoms with Crippen LogP contribution in [0.15, 0.2) is 132 Å². The molecule has 0 amide bonds. The second-order valence-electron chi connectivity index (χ2n) is 9.96. The zero-order chi connectivity index (χ0) is 26.9. The molecule has 190 valence electrons. The maximum absolute atomic E-state index is 5.18. The number of aromatic nitrogens is 3. The van der Waals surface area contributed by atoms with Crippen molar-refractivity contribution in [3.05, 3.63) is 144 Å². The number of nitrogens with zero attached hydrogens (tertiary/aromatic N) is 4. The molecule has 0 saturated carbocycles. The van der Waals surface area contributed by atoms with Gasteiger partial charge in [-0.15, -0.1) is 0 Å². The number of benzene rings is 5. The molecule has 0 radical (unpaired) electrons. The lowest BCUT2D eigenvalue weighted by atomic mass is 9.91. The van der Waals surface area contributed by atoms with E-state index >= 15 is 0 Å². The van der Waals surface area contributed by atoms with E-state index in [-0.39, 0.29) is 0 Å². The van der Waals surface area contributed by atoms with Gasteiger partial charge in [-0.25, -0.2) is 15.0 Å². The fourth-order valence-electron chi connectivity index (χ4n) is 5.31. The monoisotopic (exact) mass is 514 g/mol. The first-order valence-electron chi connectivity index (χ1n) is 13.5. The minimum absolute atomic E-state index is 0.629. The average molecular weight is 515 g/mol. The summed E-state index contributed by atoms with van der Waals surface area (Å²) in [6.45, 7) is 2.09. The van der Waals surface area contributed by atoms with Gasteiger partial charge in [0.2, 0.25) is 0 Å². The molecule has 0 saturated heterocycles. The van der Waals surface area contributed by atoms with E-state index in [9.17, 15) is 0 Å². The standard InChI is InChI=1S/C36H26N4/c1-24-30-17-10-11-19-32(30)31-18-9-8-16-27(31)22-28-20-21-29(23-33(28)37-24)36-39-34(25-12-4-2-5-13-25)38-35(40-36)26-14-6-3-7-15-26/h2-21,23H,22H2,1H3. The van der Waals surface area contributed by atoms with E-state index in [0.717, 1.165) is 40.1 Å². The molecule has 0 atom stereocenters. The maximum Gasteiger partial charge on any atom is 0.164 e. The first-order chi connectivity index (χ1) is 19.7. The van der Waals surface area contributed by atoms with E-state index in [1.807, 2.05) is 60.7 Å². The molecule has 4 heteroatoms. The molecule has 40 heavy (non-hydrogen) atoms. The van der Waals surface area contributed by atoms with E-state index in [2.05, 4.69) is 73.7 Å². The Kier molecular flexibility index (Phi) is 6.06. The largest absolute Gasteiger partial charge is 0.253 e. The summed E-state index contributed by atoms with van der Waals surface area (Å²) in [7, 11) is 0. The summed E-state index contributed by atoms with van der Waals surface area (Å²) in [4.78, 5) is 19.9. The highest BCUT2D eigenvalue weighted by atomic mass is 15.0. The number of hydrogen-bond donors (Lipinski definition) is 0. The van der Waals surface area contributed by atoms with Gasteiger partial charge in [0, 0.05) is 34.4 Å². The summed E-state index contributed by atoms with van der Waals surface area (Å²) in [5.41, 5.74) is 10.8. The van der Waals surface area contributed by atoms with Crippen LogP contribution in [0.1, 0.15) is 23.6 Å². The molecule has 5 aromatic carbocycles. The van der Waals surface area contributed by atoms with Gasteiger partial charge in [0.1, 0.15) is 0 Å². The highest BCUT2D eigenvalue weighted by molar-refractivity contribution is 6.06. The highest BCUT2D eigenvalue weighted by Crippen LogP contribution is 2.36. The summed E-state index contributed by atoms with van der Waals surface area (Å²) in [6.07, 6.45) is 0.790. The van der Waals surface area contributed by atoms with Gasteiger partial charge in [-0.1, -0.05) is 121 Å². The summed E-state index contributed by atoms with van der Waals surface area (Å²) in [5, 5.41) is 0. The maximum atomic E-state index is 5.18. The molecule has 4 nitrogen and oxygen atoms in total. The van der Waals surface area contributed by atoms with Crippen molar-refractivity contribution in [2.75, 3.05) is 0 Å². The second kappa shape index (κ2) is 10.2. The molecule has 0 spiro atoms. The van der Waals surface area contributed by atoms with Gasteiger partial charge in [0.25, 0.3) is 0 Å². The van der Waals surface area contributed by atoms with Gasteiger partial charge < -0.3 is 0 Å². The minimum Gasteiger partial charge on any atom is -0.253 e. The third-order valence-electron chi connectivity index (χ3n) is 7.34. The van der Waals surface area contributed by atoms with Crippen LogP contribution >= 0.6 is 0 Å². The van der Waals surface area contributed by atoms with Crippen LogP contribution in [0.2, 0.25) is 0 Å². The first kappa shape index (κ1) is 23.9. The van der Waals surface area contributed by atoms with Gasteiger partial charge in [-0.2, -0.15) is 0 Å². The van der Waals surface area contributed by atoms with Crippen LogP contribution in [0.25, 0.3) is 45.3 Å². The molecule has 2 heterocycles. The average Bonchev–Trinajstić information content (AvgIpc) is 3.07. The van der Waals surface area contributed by atoms with E-state index in [1.165, 1.54) is 22.3 Å². The summed E-state index contributed by atoms with van der Waals surface area (Å²) < 4.78 is 0. The molecule has 0 bridgehead atoms. The van der Waals surface area contributed by atoms with Crippen molar-refractivity contribution in [1.29, 1.82) is 0 Å². The Morgan fingerprint density at radius 3 is 1.62 bits per heavy atom. The smallest absolute Gasteiger partial charge is 0.164 e. The normalized spacial score (nSPS) is 12.2. The van der Waals surface area contributed by atoms with Crippen LogP contribution in [-0.2, 0) is 6.42 Å². The van der Waals surface area contributed by atoms with Gasteiger partial charge >= 0.3 is 0 Å². The lowest BCUT2D eigenvalue weighted by molar-refractivity contribution is 1.07. The molecule has 0 unspecified atom stereocenters. The minimum atomic E-state index is 0.629. The quantitative estimate of drug-likeness (QED) is 0.238. The van der Waals surface area contributed by atoms with E-state index in [0.29, 0.717) is 17.5 Å². The Hall–Kier alpha value is -5.22.